The molecule has 1 aromatic heterocycles. The fourth-order valence-electron chi connectivity index (χ4n) is 1.01. The summed E-state index contributed by atoms with van der Waals surface area (Å²) in [6.45, 7) is 0. The lowest BCUT2D eigenvalue weighted by molar-refractivity contribution is 1.39. The molecule has 0 amide bonds. The third-order valence-electron chi connectivity index (χ3n) is 1.54. The van der Waals surface area contributed by atoms with E-state index in [0.29, 0.717) is 5.02 Å². The first-order valence-electron chi connectivity index (χ1n) is 3.29. The van der Waals surface area contributed by atoms with Gasteiger partial charge in [0.1, 0.15) is 0 Å². The van der Waals surface area contributed by atoms with Crippen molar-refractivity contribution in [1.82, 2.24) is 4.98 Å². The normalized spacial score (nSPS) is 10.3. The van der Waals surface area contributed by atoms with E-state index in [4.69, 9.17) is 11.6 Å². The van der Waals surface area contributed by atoms with E-state index >= 15 is 0 Å². The Labute approximate surface area is 69.6 Å². The maximum atomic E-state index is 5.89. The summed E-state index contributed by atoms with van der Waals surface area (Å²) in [5, 5.41) is 1.68. The lowest BCUT2D eigenvalue weighted by atomic mass is 10.2. The summed E-state index contributed by atoms with van der Waals surface area (Å²) in [4.78, 5) is 4.03. The minimum atomic E-state index is 0.704. The summed E-state index contributed by atoms with van der Waals surface area (Å²) in [6, 6.07) is 9.40. The van der Waals surface area contributed by atoms with Gasteiger partial charge in [-0.2, -0.15) is 0 Å². The molecule has 0 unspecified atom stereocenters. The van der Waals surface area contributed by atoms with Crippen LogP contribution in [0.2, 0.25) is 5.02 Å². The van der Waals surface area contributed by atoms with Crippen LogP contribution in [-0.2, 0) is 0 Å². The van der Waals surface area contributed by atoms with Gasteiger partial charge in [0.25, 0.3) is 0 Å². The molecule has 1 aromatic carbocycles. The zero-order valence-corrected chi connectivity index (χ0v) is 6.47. The Kier molecular flexibility index (Phi) is 1.51. The SMILES string of the molecule is Clc1c[c]nc2ccccc12. The highest BCUT2D eigenvalue weighted by atomic mass is 35.5. The predicted molar refractivity (Wildman–Crippen MR) is 45.6 cm³/mol. The number of halogens is 1. The van der Waals surface area contributed by atoms with E-state index in [1.165, 1.54) is 0 Å². The van der Waals surface area contributed by atoms with Crippen LogP contribution in [0.4, 0.5) is 0 Å². The summed E-state index contributed by atoms with van der Waals surface area (Å²) in [5.41, 5.74) is 0.889. The van der Waals surface area contributed by atoms with Crippen LogP contribution in [-0.4, -0.2) is 4.98 Å². The monoisotopic (exact) mass is 162 g/mol. The van der Waals surface area contributed by atoms with Gasteiger partial charge in [-0.25, -0.2) is 4.98 Å². The van der Waals surface area contributed by atoms with Crippen LogP contribution in [0.25, 0.3) is 10.9 Å². The van der Waals surface area contributed by atoms with Crippen LogP contribution in [0.5, 0.6) is 0 Å². The number of para-hydroxylation sites is 1. The van der Waals surface area contributed by atoms with Gasteiger partial charge in [0.15, 0.2) is 0 Å². The highest BCUT2D eigenvalue weighted by Crippen LogP contribution is 2.19. The molecule has 0 saturated heterocycles. The number of hydrogen-bond donors (Lipinski definition) is 0. The number of fused-ring (bicyclic) bond motifs is 1. The molecule has 53 valence electrons. The number of benzene rings is 1. The fourth-order valence-corrected chi connectivity index (χ4v) is 1.22. The Balaban J connectivity index is 2.91. The highest BCUT2D eigenvalue weighted by molar-refractivity contribution is 6.35. The fraction of sp³-hybridized carbons (Fsp3) is 0. The Morgan fingerprint density at radius 3 is 2.91 bits per heavy atom. The van der Waals surface area contributed by atoms with E-state index < -0.39 is 0 Å². The van der Waals surface area contributed by atoms with Crippen molar-refractivity contribution in [3.63, 3.8) is 0 Å². The second-order valence-electron chi connectivity index (χ2n) is 2.25. The Morgan fingerprint density at radius 1 is 1.27 bits per heavy atom. The maximum absolute atomic E-state index is 5.89. The first kappa shape index (κ1) is 6.62. The molecular weight excluding hydrogens is 158 g/mol. The van der Waals surface area contributed by atoms with Crippen molar-refractivity contribution in [3.8, 4) is 0 Å². The van der Waals surface area contributed by atoms with Crippen LogP contribution >= 0.6 is 11.6 Å². The molecule has 2 rings (SSSR count). The highest BCUT2D eigenvalue weighted by Gasteiger charge is 1.95. The summed E-state index contributed by atoms with van der Waals surface area (Å²) in [5.74, 6) is 0. The number of pyridine rings is 1. The average Bonchev–Trinajstić information content (AvgIpc) is 2.06. The van der Waals surface area contributed by atoms with Gasteiger partial charge in [-0.05, 0) is 12.1 Å². The third kappa shape index (κ3) is 1.08. The van der Waals surface area contributed by atoms with Crippen molar-refractivity contribution in [3.05, 3.63) is 41.6 Å². The molecule has 0 aliphatic carbocycles. The second-order valence-corrected chi connectivity index (χ2v) is 2.66. The standard InChI is InChI=1S/C9H5ClN/c10-8-5-6-11-9-4-2-1-3-7(8)9/h1-5H. The predicted octanol–water partition coefficient (Wildman–Crippen LogP) is 2.69. The van der Waals surface area contributed by atoms with Crippen LogP contribution in [0, 0.1) is 6.20 Å². The van der Waals surface area contributed by atoms with Crippen molar-refractivity contribution in [1.29, 1.82) is 0 Å². The van der Waals surface area contributed by atoms with E-state index in [-0.39, 0.29) is 0 Å². The molecule has 0 N–H and O–H groups in total. The molecule has 0 atom stereocenters. The molecule has 1 nitrogen and oxygen atoms in total. The van der Waals surface area contributed by atoms with Gasteiger partial charge in [-0.15, -0.1) is 0 Å². The van der Waals surface area contributed by atoms with Crippen molar-refractivity contribution in [2.24, 2.45) is 0 Å². The van der Waals surface area contributed by atoms with Crippen molar-refractivity contribution in [2.45, 2.75) is 0 Å². The van der Waals surface area contributed by atoms with Gasteiger partial charge in [0.2, 0.25) is 0 Å². The summed E-state index contributed by atoms with van der Waals surface area (Å²) < 4.78 is 0. The maximum Gasteiger partial charge on any atom is 0.0909 e. The minimum Gasteiger partial charge on any atom is -0.246 e. The molecule has 0 saturated carbocycles. The first-order chi connectivity index (χ1) is 5.38. The summed E-state index contributed by atoms with van der Waals surface area (Å²) in [7, 11) is 0. The zero-order chi connectivity index (χ0) is 7.68. The average molecular weight is 163 g/mol. The van der Waals surface area contributed by atoms with Crippen LogP contribution < -0.4 is 0 Å². The molecule has 0 bridgehead atoms. The molecule has 0 aliphatic heterocycles. The van der Waals surface area contributed by atoms with E-state index in [1.54, 1.807) is 6.07 Å². The van der Waals surface area contributed by atoms with Gasteiger partial charge in [-0.3, -0.25) is 0 Å². The van der Waals surface area contributed by atoms with E-state index in [2.05, 4.69) is 11.2 Å². The number of nitrogens with zero attached hydrogens (tertiary/aromatic N) is 1. The van der Waals surface area contributed by atoms with Crippen LogP contribution in [0.1, 0.15) is 0 Å². The van der Waals surface area contributed by atoms with Gasteiger partial charge in [0, 0.05) is 5.39 Å². The van der Waals surface area contributed by atoms with Gasteiger partial charge < -0.3 is 0 Å². The third-order valence-corrected chi connectivity index (χ3v) is 1.85. The molecule has 2 aromatic rings. The number of aromatic nitrogens is 1. The molecule has 0 aliphatic rings. The lowest BCUT2D eigenvalue weighted by Gasteiger charge is -1.95. The molecule has 0 spiro atoms. The first-order valence-corrected chi connectivity index (χ1v) is 3.67. The molecule has 1 radical (unpaired) electrons. The second kappa shape index (κ2) is 2.51. The number of hydrogen-bond acceptors (Lipinski definition) is 1. The zero-order valence-electron chi connectivity index (χ0n) is 5.71. The topological polar surface area (TPSA) is 12.9 Å². The van der Waals surface area contributed by atoms with Gasteiger partial charge in [0.05, 0.1) is 16.7 Å². The summed E-state index contributed by atoms with van der Waals surface area (Å²) in [6.07, 6.45) is 2.72. The van der Waals surface area contributed by atoms with Crippen molar-refractivity contribution in [2.75, 3.05) is 0 Å². The summed E-state index contributed by atoms with van der Waals surface area (Å²) >= 11 is 5.89. The van der Waals surface area contributed by atoms with Crippen LogP contribution in [0.15, 0.2) is 30.3 Å². The Hall–Kier alpha value is -1.08. The molecule has 0 fully saturated rings. The minimum absolute atomic E-state index is 0.704. The molecule has 1 heterocycles. The molecule has 2 heteroatoms. The van der Waals surface area contributed by atoms with E-state index in [9.17, 15) is 0 Å². The lowest BCUT2D eigenvalue weighted by Crippen LogP contribution is -1.77. The van der Waals surface area contributed by atoms with Gasteiger partial charge >= 0.3 is 0 Å². The van der Waals surface area contributed by atoms with E-state index in [0.717, 1.165) is 10.9 Å². The van der Waals surface area contributed by atoms with Crippen molar-refractivity contribution < 1.29 is 0 Å². The van der Waals surface area contributed by atoms with E-state index in [1.807, 2.05) is 24.3 Å². The van der Waals surface area contributed by atoms with Gasteiger partial charge in [-0.1, -0.05) is 29.8 Å². The van der Waals surface area contributed by atoms with Crippen molar-refractivity contribution >= 4 is 22.5 Å². The Bertz CT molecular complexity index is 379. The quantitative estimate of drug-likeness (QED) is 0.581. The molecular formula is C9H5ClN. The number of rotatable bonds is 0. The Morgan fingerprint density at radius 2 is 2.09 bits per heavy atom. The molecule has 11 heavy (non-hydrogen) atoms. The smallest absolute Gasteiger partial charge is 0.0909 e. The largest absolute Gasteiger partial charge is 0.246 e. The van der Waals surface area contributed by atoms with Crippen LogP contribution in [0.3, 0.4) is 0 Å².